The minimum absolute atomic E-state index is 0.763. The summed E-state index contributed by atoms with van der Waals surface area (Å²) in [6.45, 7) is 4.87. The van der Waals surface area contributed by atoms with Crippen LogP contribution in [-0.4, -0.2) is 9.78 Å². The Morgan fingerprint density at radius 2 is 2.17 bits per heavy atom. The summed E-state index contributed by atoms with van der Waals surface area (Å²) in [5, 5.41) is 7.78. The van der Waals surface area contributed by atoms with Crippen LogP contribution in [0.15, 0.2) is 24.3 Å². The average molecular weight is 239 g/mol. The van der Waals surface area contributed by atoms with Gasteiger partial charge >= 0.3 is 0 Å². The molecule has 0 unspecified atom stereocenters. The molecule has 0 bridgehead atoms. The van der Waals surface area contributed by atoms with Gasteiger partial charge in [0.2, 0.25) is 0 Å². The minimum Gasteiger partial charge on any atom is -0.381 e. The molecule has 0 radical (unpaired) electrons. The maximum atomic E-state index is 5.39. The lowest BCUT2D eigenvalue weighted by atomic mass is 10.1. The SMILES string of the molecule is C#Cc1cccc(NCc2c(C)nn(C)c2C)c1. The van der Waals surface area contributed by atoms with Gasteiger partial charge in [0, 0.05) is 36.1 Å². The third-order valence-corrected chi connectivity index (χ3v) is 3.16. The van der Waals surface area contributed by atoms with E-state index < -0.39 is 0 Å². The summed E-state index contributed by atoms with van der Waals surface area (Å²) >= 11 is 0. The first-order valence-corrected chi connectivity index (χ1v) is 5.91. The van der Waals surface area contributed by atoms with Crippen LogP contribution < -0.4 is 5.32 Å². The lowest BCUT2D eigenvalue weighted by Crippen LogP contribution is -2.02. The summed E-state index contributed by atoms with van der Waals surface area (Å²) in [5.41, 5.74) is 5.42. The van der Waals surface area contributed by atoms with E-state index in [0.29, 0.717) is 0 Å². The molecule has 3 heteroatoms. The molecule has 1 aromatic carbocycles. The van der Waals surface area contributed by atoms with E-state index in [9.17, 15) is 0 Å². The number of aromatic nitrogens is 2. The van der Waals surface area contributed by atoms with E-state index in [1.54, 1.807) is 0 Å². The number of rotatable bonds is 3. The van der Waals surface area contributed by atoms with Crippen molar-refractivity contribution in [3.63, 3.8) is 0 Å². The zero-order valence-electron chi connectivity index (χ0n) is 11.0. The van der Waals surface area contributed by atoms with Gasteiger partial charge in [0.15, 0.2) is 0 Å². The number of terminal acetylenes is 1. The third kappa shape index (κ3) is 2.38. The fourth-order valence-corrected chi connectivity index (χ4v) is 1.98. The Labute approximate surface area is 108 Å². The minimum atomic E-state index is 0.763. The van der Waals surface area contributed by atoms with E-state index in [1.807, 2.05) is 42.9 Å². The van der Waals surface area contributed by atoms with E-state index in [-0.39, 0.29) is 0 Å². The molecule has 0 aliphatic carbocycles. The molecule has 0 aliphatic rings. The zero-order valence-corrected chi connectivity index (χ0v) is 11.0. The second-order valence-electron chi connectivity index (χ2n) is 4.35. The quantitative estimate of drug-likeness (QED) is 0.834. The Bertz CT molecular complexity index is 603. The van der Waals surface area contributed by atoms with Gasteiger partial charge in [0.1, 0.15) is 0 Å². The highest BCUT2D eigenvalue weighted by molar-refractivity contribution is 5.50. The van der Waals surface area contributed by atoms with Crippen molar-refractivity contribution in [1.82, 2.24) is 9.78 Å². The van der Waals surface area contributed by atoms with E-state index >= 15 is 0 Å². The molecular weight excluding hydrogens is 222 g/mol. The van der Waals surface area contributed by atoms with E-state index in [2.05, 4.69) is 23.3 Å². The highest BCUT2D eigenvalue weighted by Gasteiger charge is 2.08. The van der Waals surface area contributed by atoms with Crippen LogP contribution in [0.4, 0.5) is 5.69 Å². The van der Waals surface area contributed by atoms with Crippen molar-refractivity contribution in [2.24, 2.45) is 7.05 Å². The number of nitrogens with zero attached hydrogens (tertiary/aromatic N) is 2. The van der Waals surface area contributed by atoms with Gasteiger partial charge in [-0.3, -0.25) is 4.68 Å². The van der Waals surface area contributed by atoms with Crippen molar-refractivity contribution in [3.05, 3.63) is 46.8 Å². The van der Waals surface area contributed by atoms with Gasteiger partial charge in [-0.1, -0.05) is 12.0 Å². The van der Waals surface area contributed by atoms with Gasteiger partial charge in [-0.05, 0) is 32.0 Å². The zero-order chi connectivity index (χ0) is 13.1. The number of benzene rings is 1. The third-order valence-electron chi connectivity index (χ3n) is 3.16. The van der Waals surface area contributed by atoms with Crippen LogP contribution in [0.1, 0.15) is 22.5 Å². The molecule has 0 spiro atoms. The molecule has 2 aromatic rings. The first kappa shape index (κ1) is 12.3. The Hall–Kier alpha value is -2.21. The molecule has 92 valence electrons. The van der Waals surface area contributed by atoms with Gasteiger partial charge < -0.3 is 5.32 Å². The Kier molecular flexibility index (Phi) is 3.38. The van der Waals surface area contributed by atoms with Crippen LogP contribution in [0.5, 0.6) is 0 Å². The van der Waals surface area contributed by atoms with E-state index in [0.717, 1.165) is 23.5 Å². The van der Waals surface area contributed by atoms with Crippen LogP contribution in [0.25, 0.3) is 0 Å². The summed E-state index contributed by atoms with van der Waals surface area (Å²) in [5.74, 6) is 2.64. The molecular formula is C15H17N3. The first-order valence-electron chi connectivity index (χ1n) is 5.91. The second-order valence-corrected chi connectivity index (χ2v) is 4.35. The summed E-state index contributed by atoms with van der Waals surface area (Å²) in [4.78, 5) is 0. The van der Waals surface area contributed by atoms with Gasteiger partial charge in [-0.25, -0.2) is 0 Å². The van der Waals surface area contributed by atoms with Crippen LogP contribution >= 0.6 is 0 Å². The summed E-state index contributed by atoms with van der Waals surface area (Å²) in [6, 6.07) is 7.87. The number of hydrogen-bond donors (Lipinski definition) is 1. The maximum absolute atomic E-state index is 5.39. The van der Waals surface area contributed by atoms with Crippen molar-refractivity contribution in [3.8, 4) is 12.3 Å². The molecule has 0 saturated carbocycles. The number of anilines is 1. The number of nitrogens with one attached hydrogen (secondary N) is 1. The Morgan fingerprint density at radius 3 is 2.78 bits per heavy atom. The molecule has 0 saturated heterocycles. The topological polar surface area (TPSA) is 29.9 Å². The number of hydrogen-bond acceptors (Lipinski definition) is 2. The van der Waals surface area contributed by atoms with Gasteiger partial charge in [-0.2, -0.15) is 5.10 Å². The Morgan fingerprint density at radius 1 is 1.39 bits per heavy atom. The average Bonchev–Trinajstić information content (AvgIpc) is 2.61. The molecule has 0 aliphatic heterocycles. The molecule has 18 heavy (non-hydrogen) atoms. The monoisotopic (exact) mass is 239 g/mol. The molecule has 0 amide bonds. The normalized spacial score (nSPS) is 10.1. The van der Waals surface area contributed by atoms with Crippen LogP contribution in [0, 0.1) is 26.2 Å². The largest absolute Gasteiger partial charge is 0.381 e. The van der Waals surface area contributed by atoms with Crippen LogP contribution in [0.2, 0.25) is 0 Å². The van der Waals surface area contributed by atoms with E-state index in [1.165, 1.54) is 11.3 Å². The summed E-state index contributed by atoms with van der Waals surface area (Å²) < 4.78 is 1.91. The molecule has 0 atom stereocenters. The molecule has 3 nitrogen and oxygen atoms in total. The lowest BCUT2D eigenvalue weighted by molar-refractivity contribution is 0.730. The highest BCUT2D eigenvalue weighted by atomic mass is 15.3. The number of aryl methyl sites for hydroxylation is 2. The van der Waals surface area contributed by atoms with Crippen LogP contribution in [0.3, 0.4) is 0 Å². The first-order chi connectivity index (χ1) is 8.61. The van der Waals surface area contributed by atoms with Gasteiger partial charge in [-0.15, -0.1) is 6.42 Å². The van der Waals surface area contributed by atoms with Crippen molar-refractivity contribution in [1.29, 1.82) is 0 Å². The van der Waals surface area contributed by atoms with Crippen LogP contribution in [-0.2, 0) is 13.6 Å². The van der Waals surface area contributed by atoms with Gasteiger partial charge in [0.05, 0.1) is 5.69 Å². The maximum Gasteiger partial charge on any atom is 0.0646 e. The summed E-state index contributed by atoms with van der Waals surface area (Å²) in [6.07, 6.45) is 5.39. The fourth-order valence-electron chi connectivity index (χ4n) is 1.98. The van der Waals surface area contributed by atoms with Crippen molar-refractivity contribution < 1.29 is 0 Å². The highest BCUT2D eigenvalue weighted by Crippen LogP contribution is 2.15. The lowest BCUT2D eigenvalue weighted by Gasteiger charge is -2.07. The van der Waals surface area contributed by atoms with Crippen molar-refractivity contribution in [2.45, 2.75) is 20.4 Å². The molecule has 1 N–H and O–H groups in total. The predicted octanol–water partition coefficient (Wildman–Crippen LogP) is 2.63. The van der Waals surface area contributed by atoms with Gasteiger partial charge in [0.25, 0.3) is 0 Å². The molecule has 1 heterocycles. The molecule has 2 rings (SSSR count). The second kappa shape index (κ2) is 4.97. The van der Waals surface area contributed by atoms with Crippen molar-refractivity contribution >= 4 is 5.69 Å². The summed E-state index contributed by atoms with van der Waals surface area (Å²) in [7, 11) is 1.96. The molecule has 1 aromatic heterocycles. The predicted molar refractivity (Wildman–Crippen MR) is 74.4 cm³/mol. The standard InChI is InChI=1S/C15H17N3/c1-5-13-7-6-8-14(9-13)16-10-15-11(2)17-18(4)12(15)3/h1,6-9,16H,10H2,2-4H3. The fraction of sp³-hybridized carbons (Fsp3) is 0.267. The Balaban J connectivity index is 2.14. The van der Waals surface area contributed by atoms with E-state index in [4.69, 9.17) is 6.42 Å². The smallest absolute Gasteiger partial charge is 0.0646 e. The van der Waals surface area contributed by atoms with Crippen molar-refractivity contribution in [2.75, 3.05) is 5.32 Å². The molecule has 0 fully saturated rings.